The smallest absolute Gasteiger partial charge is 0.320 e. The summed E-state index contributed by atoms with van der Waals surface area (Å²) in [5.74, 6) is -0.286. The maximum atomic E-state index is 12.8. The molecule has 0 saturated heterocycles. The van der Waals surface area contributed by atoms with E-state index in [2.05, 4.69) is 0 Å². The zero-order chi connectivity index (χ0) is 25.4. The topological polar surface area (TPSA) is 145 Å². The number of nitrogens with two attached hydrogens (primary N) is 2. The molecule has 2 aromatic carbocycles. The lowest BCUT2D eigenvalue weighted by Crippen LogP contribution is -2.36. The monoisotopic (exact) mass is 471 g/mol. The fraction of sp³-hybridized carbons (Fsp3) is 0.400. The molecular formula is C25H33N3O6. The molecule has 0 spiro atoms. The highest BCUT2D eigenvalue weighted by Gasteiger charge is 2.34. The van der Waals surface area contributed by atoms with Gasteiger partial charge in [0.2, 0.25) is 5.91 Å². The van der Waals surface area contributed by atoms with Crippen molar-refractivity contribution < 1.29 is 29.0 Å². The van der Waals surface area contributed by atoms with Crippen LogP contribution in [-0.2, 0) is 16.1 Å². The van der Waals surface area contributed by atoms with E-state index in [0.29, 0.717) is 23.6 Å². The number of ether oxygens (including phenoxy) is 2. The lowest BCUT2D eigenvalue weighted by molar-refractivity contribution is -0.139. The second kappa shape index (κ2) is 12.0. The molecular weight excluding hydrogens is 438 g/mol. The van der Waals surface area contributed by atoms with E-state index in [1.165, 1.54) is 0 Å². The van der Waals surface area contributed by atoms with E-state index < -0.39 is 24.0 Å². The average Bonchev–Trinajstić information content (AvgIpc) is 3.17. The minimum absolute atomic E-state index is 0.0369. The predicted octanol–water partition coefficient (Wildman–Crippen LogP) is 2.72. The van der Waals surface area contributed by atoms with Gasteiger partial charge in [-0.1, -0.05) is 44.5 Å². The third-order valence-electron chi connectivity index (χ3n) is 5.95. The van der Waals surface area contributed by atoms with Crippen LogP contribution in [0.25, 0.3) is 0 Å². The summed E-state index contributed by atoms with van der Waals surface area (Å²) in [5.41, 5.74) is 13.1. The second-order valence-electron chi connectivity index (χ2n) is 8.14. The summed E-state index contributed by atoms with van der Waals surface area (Å²) in [6.45, 7) is 4.20. The summed E-state index contributed by atoms with van der Waals surface area (Å²) in [4.78, 5) is 36.3. The van der Waals surface area contributed by atoms with Crippen LogP contribution in [0.1, 0.15) is 54.2 Å². The molecule has 5 N–H and O–H groups in total. The summed E-state index contributed by atoms with van der Waals surface area (Å²) in [6.07, 6.45) is 0.850. The fourth-order valence-corrected chi connectivity index (χ4v) is 3.68. The maximum absolute atomic E-state index is 12.8. The largest absolute Gasteiger partial charge is 0.493 e. The summed E-state index contributed by atoms with van der Waals surface area (Å²) in [7, 11) is 3.10. The minimum atomic E-state index is -0.913. The van der Waals surface area contributed by atoms with Gasteiger partial charge in [-0.15, -0.1) is 0 Å². The van der Waals surface area contributed by atoms with Gasteiger partial charge in [0.15, 0.2) is 11.5 Å². The van der Waals surface area contributed by atoms with Gasteiger partial charge < -0.3 is 30.9 Å². The molecule has 1 heterocycles. The molecule has 3 rings (SSSR count). The molecule has 1 aliphatic rings. The van der Waals surface area contributed by atoms with E-state index in [1.807, 2.05) is 38.1 Å². The van der Waals surface area contributed by atoms with Crippen LogP contribution in [0.4, 0.5) is 0 Å². The van der Waals surface area contributed by atoms with Gasteiger partial charge in [-0.05, 0) is 35.2 Å². The standard InChI is InChI=1S/C19H20N2O4.C6H13NO2/c1-24-16-8-7-12(9-17(16)25-2)15(10-18(20)22)21-11-13-5-3-4-6-14(13)19(21)23;1-3-4(2)5(7)6(8)9/h3-9,15H,10-11H2,1-2H3,(H2,20,22);4-5H,3,7H2,1-2H3,(H,8,9). The maximum Gasteiger partial charge on any atom is 0.320 e. The van der Waals surface area contributed by atoms with Crippen LogP contribution in [0, 0.1) is 5.92 Å². The Bertz CT molecular complexity index is 1030. The molecule has 3 unspecified atom stereocenters. The van der Waals surface area contributed by atoms with Gasteiger partial charge in [-0.2, -0.15) is 0 Å². The Morgan fingerprint density at radius 2 is 1.76 bits per heavy atom. The quantitative estimate of drug-likeness (QED) is 0.510. The number of hydrogen-bond acceptors (Lipinski definition) is 6. The van der Waals surface area contributed by atoms with Crippen molar-refractivity contribution in [3.63, 3.8) is 0 Å². The van der Waals surface area contributed by atoms with E-state index in [4.69, 9.17) is 26.0 Å². The Kier molecular flexibility index (Phi) is 9.44. The zero-order valence-corrected chi connectivity index (χ0v) is 20.0. The summed E-state index contributed by atoms with van der Waals surface area (Å²) < 4.78 is 10.6. The molecule has 0 saturated carbocycles. The van der Waals surface area contributed by atoms with Crippen molar-refractivity contribution in [1.82, 2.24) is 4.90 Å². The first kappa shape index (κ1) is 26.7. The molecule has 0 aliphatic carbocycles. The zero-order valence-electron chi connectivity index (χ0n) is 20.0. The molecule has 0 aromatic heterocycles. The highest BCUT2D eigenvalue weighted by atomic mass is 16.5. The van der Waals surface area contributed by atoms with Crippen molar-refractivity contribution in [3.8, 4) is 11.5 Å². The van der Waals surface area contributed by atoms with Crippen molar-refractivity contribution >= 4 is 17.8 Å². The molecule has 34 heavy (non-hydrogen) atoms. The molecule has 2 amide bonds. The normalized spacial score (nSPS) is 14.9. The Hall–Kier alpha value is -3.59. The predicted molar refractivity (Wildman–Crippen MR) is 127 cm³/mol. The van der Waals surface area contributed by atoms with Gasteiger partial charge in [-0.3, -0.25) is 14.4 Å². The number of benzene rings is 2. The van der Waals surface area contributed by atoms with Gasteiger partial charge in [0.05, 0.1) is 26.7 Å². The Morgan fingerprint density at radius 3 is 2.26 bits per heavy atom. The first-order valence-corrected chi connectivity index (χ1v) is 11.0. The SMILES string of the molecule is CCC(C)C(N)C(=O)O.COc1ccc(C(CC(N)=O)N2Cc3ccccc3C2=O)cc1OC. The number of methoxy groups -OCH3 is 2. The first-order chi connectivity index (χ1) is 16.1. The lowest BCUT2D eigenvalue weighted by Gasteiger charge is -2.28. The van der Waals surface area contributed by atoms with Crippen LogP contribution < -0.4 is 20.9 Å². The number of hydrogen-bond donors (Lipinski definition) is 3. The number of carboxylic acid groups (broad SMARTS) is 1. The number of carbonyl (C=O) groups is 3. The van der Waals surface area contributed by atoms with E-state index in [9.17, 15) is 14.4 Å². The van der Waals surface area contributed by atoms with E-state index in [0.717, 1.165) is 17.5 Å². The van der Waals surface area contributed by atoms with Gasteiger partial charge in [0, 0.05) is 12.1 Å². The number of aliphatic carboxylic acids is 1. The van der Waals surface area contributed by atoms with Gasteiger partial charge in [0.25, 0.3) is 5.91 Å². The molecule has 1 aliphatic heterocycles. The number of carbonyl (C=O) groups excluding carboxylic acids is 2. The highest BCUT2D eigenvalue weighted by Crippen LogP contribution is 2.37. The fourth-order valence-electron chi connectivity index (χ4n) is 3.68. The summed E-state index contributed by atoms with van der Waals surface area (Å²) >= 11 is 0. The number of carboxylic acids is 1. The van der Waals surface area contributed by atoms with Gasteiger partial charge >= 0.3 is 5.97 Å². The van der Waals surface area contributed by atoms with Crippen LogP contribution in [0.2, 0.25) is 0 Å². The van der Waals surface area contributed by atoms with Crippen LogP contribution in [-0.4, -0.2) is 48.1 Å². The van der Waals surface area contributed by atoms with Gasteiger partial charge in [0.1, 0.15) is 6.04 Å². The van der Waals surface area contributed by atoms with Crippen molar-refractivity contribution in [2.45, 2.75) is 45.3 Å². The van der Waals surface area contributed by atoms with Crippen molar-refractivity contribution in [2.24, 2.45) is 17.4 Å². The third-order valence-corrected chi connectivity index (χ3v) is 5.95. The molecule has 9 nitrogen and oxygen atoms in total. The highest BCUT2D eigenvalue weighted by molar-refractivity contribution is 5.98. The van der Waals surface area contributed by atoms with Crippen LogP contribution in [0.3, 0.4) is 0 Å². The van der Waals surface area contributed by atoms with Crippen molar-refractivity contribution in [1.29, 1.82) is 0 Å². The molecule has 9 heteroatoms. The summed E-state index contributed by atoms with van der Waals surface area (Å²) in [6, 6.07) is 11.7. The van der Waals surface area contributed by atoms with E-state index in [-0.39, 0.29) is 18.2 Å². The minimum Gasteiger partial charge on any atom is -0.493 e. The number of fused-ring (bicyclic) bond motifs is 1. The molecule has 184 valence electrons. The number of rotatable bonds is 9. The van der Waals surface area contributed by atoms with E-state index in [1.54, 1.807) is 37.3 Å². The van der Waals surface area contributed by atoms with Crippen LogP contribution >= 0.6 is 0 Å². The van der Waals surface area contributed by atoms with E-state index >= 15 is 0 Å². The summed E-state index contributed by atoms with van der Waals surface area (Å²) in [5, 5.41) is 8.36. The average molecular weight is 472 g/mol. The first-order valence-electron chi connectivity index (χ1n) is 11.0. The number of nitrogens with zero attached hydrogens (tertiary/aromatic N) is 1. The second-order valence-corrected chi connectivity index (χ2v) is 8.14. The van der Waals surface area contributed by atoms with Crippen LogP contribution in [0.15, 0.2) is 42.5 Å². The Balaban J connectivity index is 0.000000387. The lowest BCUT2D eigenvalue weighted by atomic mass is 10.0. The molecule has 0 bridgehead atoms. The molecule has 0 radical (unpaired) electrons. The van der Waals surface area contributed by atoms with Crippen molar-refractivity contribution in [3.05, 3.63) is 59.2 Å². The van der Waals surface area contributed by atoms with Crippen LogP contribution in [0.5, 0.6) is 11.5 Å². The molecule has 2 aromatic rings. The van der Waals surface area contributed by atoms with Gasteiger partial charge in [-0.25, -0.2) is 0 Å². The Labute approximate surface area is 199 Å². The van der Waals surface area contributed by atoms with Crippen molar-refractivity contribution in [2.75, 3.05) is 14.2 Å². The third kappa shape index (κ3) is 6.26. The Morgan fingerprint density at radius 1 is 1.12 bits per heavy atom. The molecule has 3 atom stereocenters. The molecule has 0 fully saturated rings. The number of amides is 2. The number of primary amides is 1.